The Morgan fingerprint density at radius 1 is 1.41 bits per heavy atom. The number of carboxylic acids is 1. The van der Waals surface area contributed by atoms with Crippen molar-refractivity contribution in [3.8, 4) is 0 Å². The molecule has 0 bridgehead atoms. The molecule has 2 atom stereocenters. The molecule has 17 heavy (non-hydrogen) atoms. The fraction of sp³-hybridized carbons (Fsp3) is 0.923. The molecule has 0 radical (unpaired) electrons. The number of aliphatic carboxylic acids is 1. The van der Waals surface area contributed by atoms with Gasteiger partial charge in [0.15, 0.2) is 0 Å². The van der Waals surface area contributed by atoms with Crippen molar-refractivity contribution in [3.05, 3.63) is 0 Å². The number of nitrogens with zero attached hydrogens (tertiary/aromatic N) is 1. The fourth-order valence-electron chi connectivity index (χ4n) is 2.72. The summed E-state index contributed by atoms with van der Waals surface area (Å²) in [4.78, 5) is 13.0. The number of hydrogen-bond acceptors (Lipinski definition) is 3. The predicted molar refractivity (Wildman–Crippen MR) is 66.9 cm³/mol. The molecule has 1 aliphatic carbocycles. The second-order valence-corrected chi connectivity index (χ2v) is 5.68. The monoisotopic (exact) mass is 240 g/mol. The van der Waals surface area contributed by atoms with E-state index >= 15 is 0 Å². The number of likely N-dealkylation sites (tertiary alicyclic amines) is 1. The van der Waals surface area contributed by atoms with Gasteiger partial charge >= 0.3 is 5.97 Å². The van der Waals surface area contributed by atoms with Crippen LogP contribution < -0.4 is 5.32 Å². The highest BCUT2D eigenvalue weighted by Crippen LogP contribution is 2.37. The van der Waals surface area contributed by atoms with E-state index in [1.165, 1.54) is 32.4 Å². The van der Waals surface area contributed by atoms with Crippen LogP contribution in [0.5, 0.6) is 0 Å². The molecule has 2 aliphatic rings. The lowest BCUT2D eigenvalue weighted by Gasteiger charge is -2.28. The van der Waals surface area contributed by atoms with Gasteiger partial charge in [-0.3, -0.25) is 4.79 Å². The molecule has 0 aromatic carbocycles. The van der Waals surface area contributed by atoms with Gasteiger partial charge in [0.2, 0.25) is 0 Å². The molecule has 98 valence electrons. The largest absolute Gasteiger partial charge is 0.481 e. The predicted octanol–water partition coefficient (Wildman–Crippen LogP) is 1.03. The van der Waals surface area contributed by atoms with Gasteiger partial charge < -0.3 is 15.3 Å². The minimum atomic E-state index is -0.618. The van der Waals surface area contributed by atoms with Crippen molar-refractivity contribution >= 4 is 5.97 Å². The van der Waals surface area contributed by atoms with Crippen LogP contribution in [0.3, 0.4) is 0 Å². The van der Waals surface area contributed by atoms with Gasteiger partial charge in [0.05, 0.1) is 5.92 Å². The van der Waals surface area contributed by atoms with Crippen LogP contribution in [-0.2, 0) is 4.79 Å². The third kappa shape index (κ3) is 3.96. The number of hydrogen-bond donors (Lipinski definition) is 2. The van der Waals surface area contributed by atoms with Crippen molar-refractivity contribution in [2.75, 3.05) is 33.2 Å². The van der Waals surface area contributed by atoms with Crippen LogP contribution in [-0.4, -0.2) is 49.2 Å². The van der Waals surface area contributed by atoms with Gasteiger partial charge in [-0.05, 0) is 70.7 Å². The Hall–Kier alpha value is -0.610. The van der Waals surface area contributed by atoms with Crippen molar-refractivity contribution in [1.29, 1.82) is 0 Å². The fourth-order valence-corrected chi connectivity index (χ4v) is 2.72. The average molecular weight is 240 g/mol. The van der Waals surface area contributed by atoms with Crippen LogP contribution in [0.15, 0.2) is 0 Å². The number of rotatable bonds is 6. The van der Waals surface area contributed by atoms with Gasteiger partial charge in [-0.25, -0.2) is 0 Å². The van der Waals surface area contributed by atoms with E-state index in [0.29, 0.717) is 5.92 Å². The van der Waals surface area contributed by atoms with E-state index in [1.807, 2.05) is 0 Å². The van der Waals surface area contributed by atoms with E-state index in [2.05, 4.69) is 17.3 Å². The quantitative estimate of drug-likeness (QED) is 0.681. The molecule has 2 fully saturated rings. The first-order chi connectivity index (χ1) is 8.16. The highest BCUT2D eigenvalue weighted by Gasteiger charge is 2.42. The van der Waals surface area contributed by atoms with Crippen molar-refractivity contribution < 1.29 is 9.90 Å². The summed E-state index contributed by atoms with van der Waals surface area (Å²) in [6, 6.07) is 0. The lowest BCUT2D eigenvalue weighted by Crippen LogP contribution is -2.32. The number of carboxylic acid groups (broad SMARTS) is 1. The highest BCUT2D eigenvalue weighted by atomic mass is 16.4. The van der Waals surface area contributed by atoms with Gasteiger partial charge in [0.25, 0.3) is 0 Å². The molecule has 1 saturated heterocycles. The second kappa shape index (κ2) is 5.83. The van der Waals surface area contributed by atoms with E-state index < -0.39 is 5.97 Å². The number of carbonyl (C=O) groups is 1. The Morgan fingerprint density at radius 2 is 2.12 bits per heavy atom. The van der Waals surface area contributed by atoms with E-state index in [4.69, 9.17) is 5.11 Å². The molecule has 1 heterocycles. The maximum absolute atomic E-state index is 10.7. The maximum atomic E-state index is 10.7. The molecule has 0 aromatic rings. The summed E-state index contributed by atoms with van der Waals surface area (Å²) in [6.45, 7) is 4.41. The zero-order valence-corrected chi connectivity index (χ0v) is 10.7. The van der Waals surface area contributed by atoms with E-state index in [0.717, 1.165) is 25.4 Å². The third-order valence-electron chi connectivity index (χ3n) is 4.21. The molecule has 0 spiro atoms. The van der Waals surface area contributed by atoms with Crippen LogP contribution >= 0.6 is 0 Å². The Balaban J connectivity index is 1.48. The van der Waals surface area contributed by atoms with Crippen LogP contribution in [0.2, 0.25) is 0 Å². The Kier molecular flexibility index (Phi) is 4.40. The van der Waals surface area contributed by atoms with E-state index in [9.17, 15) is 4.79 Å². The van der Waals surface area contributed by atoms with E-state index in [1.54, 1.807) is 0 Å². The standard InChI is InChI=1S/C13H24N2O2/c1-15-6-3-10(4-7-15)2-5-14-9-11-8-12(11)13(16)17/h10-12,14H,2-9H2,1H3,(H,16,17). The minimum Gasteiger partial charge on any atom is -0.481 e. The third-order valence-corrected chi connectivity index (χ3v) is 4.21. The van der Waals surface area contributed by atoms with Gasteiger partial charge in [-0.15, -0.1) is 0 Å². The van der Waals surface area contributed by atoms with E-state index in [-0.39, 0.29) is 5.92 Å². The zero-order valence-electron chi connectivity index (χ0n) is 10.7. The van der Waals surface area contributed by atoms with Crippen molar-refractivity contribution in [1.82, 2.24) is 10.2 Å². The summed E-state index contributed by atoms with van der Waals surface area (Å²) in [5.41, 5.74) is 0. The van der Waals surface area contributed by atoms with Crippen LogP contribution in [0.4, 0.5) is 0 Å². The first-order valence-electron chi connectivity index (χ1n) is 6.79. The summed E-state index contributed by atoms with van der Waals surface area (Å²) in [6.07, 6.45) is 4.76. The van der Waals surface area contributed by atoms with Crippen LogP contribution in [0.1, 0.15) is 25.7 Å². The molecule has 1 aliphatic heterocycles. The summed E-state index contributed by atoms with van der Waals surface area (Å²) in [5, 5.41) is 12.2. The van der Waals surface area contributed by atoms with Gasteiger partial charge in [0, 0.05) is 0 Å². The lowest BCUT2D eigenvalue weighted by atomic mass is 9.94. The zero-order chi connectivity index (χ0) is 12.3. The molecule has 2 N–H and O–H groups in total. The Labute approximate surface area is 103 Å². The summed E-state index contributed by atoms with van der Waals surface area (Å²) in [7, 11) is 2.19. The SMILES string of the molecule is CN1CCC(CCNCC2CC2C(=O)O)CC1. The Bertz CT molecular complexity index is 262. The molecule has 4 heteroatoms. The number of nitrogens with one attached hydrogen (secondary N) is 1. The van der Waals surface area contributed by atoms with Crippen molar-refractivity contribution in [3.63, 3.8) is 0 Å². The van der Waals surface area contributed by atoms with Crippen molar-refractivity contribution in [2.45, 2.75) is 25.7 Å². The normalized spacial score (nSPS) is 30.4. The molecular weight excluding hydrogens is 216 g/mol. The summed E-state index contributed by atoms with van der Waals surface area (Å²) < 4.78 is 0. The van der Waals surface area contributed by atoms with Gasteiger partial charge in [-0.1, -0.05) is 0 Å². The first kappa shape index (κ1) is 12.8. The van der Waals surface area contributed by atoms with Crippen molar-refractivity contribution in [2.24, 2.45) is 17.8 Å². The maximum Gasteiger partial charge on any atom is 0.306 e. The molecule has 4 nitrogen and oxygen atoms in total. The van der Waals surface area contributed by atoms with Gasteiger partial charge in [0.1, 0.15) is 0 Å². The number of piperidine rings is 1. The summed E-state index contributed by atoms with van der Waals surface area (Å²) in [5.74, 6) is 0.580. The highest BCUT2D eigenvalue weighted by molar-refractivity contribution is 5.73. The topological polar surface area (TPSA) is 52.6 Å². The first-order valence-corrected chi connectivity index (χ1v) is 6.79. The molecule has 2 unspecified atom stereocenters. The van der Waals surface area contributed by atoms with Crippen LogP contribution in [0.25, 0.3) is 0 Å². The lowest BCUT2D eigenvalue weighted by molar-refractivity contribution is -0.138. The molecule has 1 saturated carbocycles. The Morgan fingerprint density at radius 3 is 2.71 bits per heavy atom. The minimum absolute atomic E-state index is 0.0640. The second-order valence-electron chi connectivity index (χ2n) is 5.68. The molecule has 2 rings (SSSR count). The average Bonchev–Trinajstić information content (AvgIpc) is 3.06. The molecular formula is C13H24N2O2. The summed E-state index contributed by atoms with van der Waals surface area (Å²) >= 11 is 0. The van der Waals surface area contributed by atoms with Crippen LogP contribution in [0, 0.1) is 17.8 Å². The molecule has 0 aromatic heterocycles. The smallest absolute Gasteiger partial charge is 0.306 e. The molecule has 0 amide bonds. The van der Waals surface area contributed by atoms with Gasteiger partial charge in [-0.2, -0.15) is 0 Å².